The summed E-state index contributed by atoms with van der Waals surface area (Å²) in [7, 11) is 1.62. The number of aromatic nitrogens is 1. The summed E-state index contributed by atoms with van der Waals surface area (Å²) in [6.45, 7) is 1.10. The van der Waals surface area contributed by atoms with Crippen LogP contribution in [0.15, 0.2) is 24.5 Å². The van der Waals surface area contributed by atoms with Crippen LogP contribution in [-0.2, 0) is 9.53 Å². The summed E-state index contributed by atoms with van der Waals surface area (Å²) < 4.78 is 5.02. The van der Waals surface area contributed by atoms with E-state index in [2.05, 4.69) is 4.98 Å². The number of ether oxygens (including phenoxy) is 1. The highest BCUT2D eigenvalue weighted by Gasteiger charge is 2.38. The van der Waals surface area contributed by atoms with E-state index in [0.717, 1.165) is 5.56 Å². The number of pyridine rings is 1. The zero-order valence-corrected chi connectivity index (χ0v) is 9.87. The summed E-state index contributed by atoms with van der Waals surface area (Å²) in [5.74, 6) is 0.0865. The van der Waals surface area contributed by atoms with Gasteiger partial charge in [-0.05, 0) is 11.6 Å². The van der Waals surface area contributed by atoms with Gasteiger partial charge in [-0.15, -0.1) is 0 Å². The van der Waals surface area contributed by atoms with Gasteiger partial charge in [0.1, 0.15) is 0 Å². The van der Waals surface area contributed by atoms with E-state index in [1.165, 1.54) is 0 Å². The van der Waals surface area contributed by atoms with Crippen molar-refractivity contribution in [3.05, 3.63) is 30.1 Å². The van der Waals surface area contributed by atoms with Gasteiger partial charge in [-0.25, -0.2) is 0 Å². The van der Waals surface area contributed by atoms with Gasteiger partial charge in [0.15, 0.2) is 0 Å². The Labute approximate surface area is 101 Å². The number of carbonyl (C=O) groups is 1. The van der Waals surface area contributed by atoms with Crippen LogP contribution in [-0.4, -0.2) is 42.1 Å². The molecule has 2 rings (SSSR count). The summed E-state index contributed by atoms with van der Waals surface area (Å²) in [6, 6.07) is 3.57. The molecule has 0 radical (unpaired) electrons. The third kappa shape index (κ3) is 2.45. The number of likely N-dealkylation sites (tertiary alicyclic amines) is 1. The molecule has 1 aromatic heterocycles. The quantitative estimate of drug-likeness (QED) is 0.816. The van der Waals surface area contributed by atoms with E-state index in [-0.39, 0.29) is 18.0 Å². The van der Waals surface area contributed by atoms with Crippen molar-refractivity contribution >= 4 is 5.91 Å². The van der Waals surface area contributed by atoms with Crippen molar-refractivity contribution in [2.24, 2.45) is 5.73 Å². The van der Waals surface area contributed by atoms with Crippen molar-refractivity contribution in [3.8, 4) is 0 Å². The molecule has 1 aromatic rings. The molecule has 0 saturated carbocycles. The highest BCUT2D eigenvalue weighted by molar-refractivity contribution is 5.80. The summed E-state index contributed by atoms with van der Waals surface area (Å²) in [4.78, 5) is 17.7. The third-order valence-electron chi connectivity index (χ3n) is 3.03. The molecule has 2 N–H and O–H groups in total. The Balaban J connectivity index is 2.20. The molecule has 0 bridgehead atoms. The minimum absolute atomic E-state index is 0.0775. The van der Waals surface area contributed by atoms with E-state index >= 15 is 0 Å². The molecule has 92 valence electrons. The Hall–Kier alpha value is -1.46. The van der Waals surface area contributed by atoms with Crippen molar-refractivity contribution in [2.75, 3.05) is 20.3 Å². The average molecular weight is 235 g/mol. The second kappa shape index (κ2) is 5.25. The van der Waals surface area contributed by atoms with Gasteiger partial charge >= 0.3 is 0 Å². The molecule has 2 heterocycles. The lowest BCUT2D eigenvalue weighted by atomic mass is 10.0. The number of rotatable bonds is 4. The van der Waals surface area contributed by atoms with Gasteiger partial charge in [-0.3, -0.25) is 9.78 Å². The summed E-state index contributed by atoms with van der Waals surface area (Å²) in [5, 5.41) is 0. The largest absolute Gasteiger partial charge is 0.383 e. The van der Waals surface area contributed by atoms with E-state index in [0.29, 0.717) is 19.6 Å². The summed E-state index contributed by atoms with van der Waals surface area (Å²) in [6.07, 6.45) is 3.87. The van der Waals surface area contributed by atoms with E-state index < -0.39 is 0 Å². The zero-order valence-electron chi connectivity index (χ0n) is 9.87. The highest BCUT2D eigenvalue weighted by Crippen LogP contribution is 2.31. The Kier molecular flexibility index (Phi) is 3.71. The fourth-order valence-corrected chi connectivity index (χ4v) is 2.25. The second-order valence-electron chi connectivity index (χ2n) is 4.18. The number of hydrogen-bond donors (Lipinski definition) is 1. The highest BCUT2D eigenvalue weighted by atomic mass is 16.5. The van der Waals surface area contributed by atoms with Crippen LogP contribution in [0.1, 0.15) is 18.0 Å². The van der Waals surface area contributed by atoms with Gasteiger partial charge in [-0.1, -0.05) is 6.07 Å². The lowest BCUT2D eigenvalue weighted by Gasteiger charge is -2.26. The van der Waals surface area contributed by atoms with Crippen molar-refractivity contribution in [2.45, 2.75) is 18.5 Å². The van der Waals surface area contributed by atoms with Crippen molar-refractivity contribution in [3.63, 3.8) is 0 Å². The molecule has 2 unspecified atom stereocenters. The molecule has 1 fully saturated rings. The van der Waals surface area contributed by atoms with Gasteiger partial charge in [0.2, 0.25) is 5.91 Å². The first-order valence-electron chi connectivity index (χ1n) is 5.68. The van der Waals surface area contributed by atoms with Gasteiger partial charge in [0.05, 0.1) is 12.6 Å². The van der Waals surface area contributed by atoms with Crippen molar-refractivity contribution < 1.29 is 9.53 Å². The first kappa shape index (κ1) is 12.0. The minimum Gasteiger partial charge on any atom is -0.383 e. The number of hydrogen-bond acceptors (Lipinski definition) is 4. The minimum atomic E-state index is -0.163. The van der Waals surface area contributed by atoms with Crippen LogP contribution in [0.5, 0.6) is 0 Å². The molecule has 1 amide bonds. The van der Waals surface area contributed by atoms with Crippen molar-refractivity contribution in [1.82, 2.24) is 9.88 Å². The van der Waals surface area contributed by atoms with Gasteiger partial charge in [0, 0.05) is 38.5 Å². The lowest BCUT2D eigenvalue weighted by Crippen LogP contribution is -2.35. The smallest absolute Gasteiger partial charge is 0.224 e. The number of nitrogens with two attached hydrogens (primary N) is 1. The molecule has 5 nitrogen and oxygen atoms in total. The SMILES string of the molecule is COCCN1C(=O)CC(N)C1c1cccnc1. The molecule has 17 heavy (non-hydrogen) atoms. The molecular weight excluding hydrogens is 218 g/mol. The predicted molar refractivity (Wildman–Crippen MR) is 63.2 cm³/mol. The molecule has 1 aliphatic heterocycles. The zero-order chi connectivity index (χ0) is 12.3. The molecule has 2 atom stereocenters. The summed E-state index contributed by atoms with van der Waals surface area (Å²) in [5.41, 5.74) is 7.02. The van der Waals surface area contributed by atoms with Gasteiger partial charge < -0.3 is 15.4 Å². The van der Waals surface area contributed by atoms with E-state index in [1.54, 1.807) is 24.4 Å². The molecule has 5 heteroatoms. The van der Waals surface area contributed by atoms with Crippen LogP contribution < -0.4 is 5.73 Å². The van der Waals surface area contributed by atoms with Crippen LogP contribution in [0.4, 0.5) is 0 Å². The lowest BCUT2D eigenvalue weighted by molar-refractivity contribution is -0.129. The van der Waals surface area contributed by atoms with Crippen LogP contribution in [0.3, 0.4) is 0 Å². The fraction of sp³-hybridized carbons (Fsp3) is 0.500. The number of nitrogens with zero attached hydrogens (tertiary/aromatic N) is 2. The third-order valence-corrected chi connectivity index (χ3v) is 3.03. The molecule has 1 saturated heterocycles. The Morgan fingerprint density at radius 2 is 2.47 bits per heavy atom. The Morgan fingerprint density at radius 1 is 1.65 bits per heavy atom. The topological polar surface area (TPSA) is 68.5 Å². The van der Waals surface area contributed by atoms with Crippen molar-refractivity contribution in [1.29, 1.82) is 0 Å². The van der Waals surface area contributed by atoms with Gasteiger partial charge in [-0.2, -0.15) is 0 Å². The molecule has 0 aliphatic carbocycles. The molecule has 0 aromatic carbocycles. The number of amides is 1. The maximum Gasteiger partial charge on any atom is 0.224 e. The van der Waals surface area contributed by atoms with Crippen LogP contribution >= 0.6 is 0 Å². The Morgan fingerprint density at radius 3 is 3.12 bits per heavy atom. The first-order valence-corrected chi connectivity index (χ1v) is 5.68. The van der Waals surface area contributed by atoms with Crippen LogP contribution in [0.25, 0.3) is 0 Å². The fourth-order valence-electron chi connectivity index (χ4n) is 2.25. The normalized spacial score (nSPS) is 24.4. The predicted octanol–water partition coefficient (Wildman–Crippen LogP) is 0.329. The average Bonchev–Trinajstić information content (AvgIpc) is 2.62. The maximum absolute atomic E-state index is 11.8. The Bertz CT molecular complexity index is 383. The second-order valence-corrected chi connectivity index (χ2v) is 4.18. The van der Waals surface area contributed by atoms with E-state index in [4.69, 9.17) is 10.5 Å². The first-order chi connectivity index (χ1) is 8.24. The monoisotopic (exact) mass is 235 g/mol. The maximum atomic E-state index is 11.8. The molecule has 1 aliphatic rings. The number of methoxy groups -OCH3 is 1. The van der Waals surface area contributed by atoms with Crippen LogP contribution in [0, 0.1) is 0 Å². The molecule has 0 spiro atoms. The van der Waals surface area contributed by atoms with Crippen LogP contribution in [0.2, 0.25) is 0 Å². The van der Waals surface area contributed by atoms with Gasteiger partial charge in [0.25, 0.3) is 0 Å². The standard InChI is InChI=1S/C12H17N3O2/c1-17-6-5-15-11(16)7-10(13)12(15)9-3-2-4-14-8-9/h2-4,8,10,12H,5-7,13H2,1H3. The van der Waals surface area contributed by atoms with E-state index in [1.807, 2.05) is 12.1 Å². The number of carbonyl (C=O) groups excluding carboxylic acids is 1. The summed E-state index contributed by atoms with van der Waals surface area (Å²) >= 11 is 0. The van der Waals surface area contributed by atoms with E-state index in [9.17, 15) is 4.79 Å². The molecular formula is C12H17N3O2.